The Bertz CT molecular complexity index is 1370. The summed E-state index contributed by atoms with van der Waals surface area (Å²) in [6, 6.07) is 0. The average molecular weight is 633 g/mol. The first-order valence-corrected chi connectivity index (χ1v) is 14.7. The summed E-state index contributed by atoms with van der Waals surface area (Å²) in [5, 5.41) is 33.9. The van der Waals surface area contributed by atoms with E-state index in [1.807, 2.05) is 5.32 Å². The van der Waals surface area contributed by atoms with Crippen LogP contribution in [0.3, 0.4) is 0 Å². The number of nitrogens with zero attached hydrogens (tertiary/aromatic N) is 5. The lowest BCUT2D eigenvalue weighted by Crippen LogP contribution is -2.81. The summed E-state index contributed by atoms with van der Waals surface area (Å²) in [5.41, 5.74) is 3.17. The highest BCUT2D eigenvalue weighted by atomic mass is 32.3. The number of carboxylic acid groups (broad SMARTS) is 2. The Morgan fingerprint density at radius 1 is 1.25 bits per heavy atom. The zero-order valence-corrected chi connectivity index (χ0v) is 23.7. The maximum Gasteiger partial charge on any atom is 0.352 e. The average Bonchev–Trinajstić information content (AvgIpc) is 3.29. The number of hydrogen-bond acceptors (Lipinski definition) is 14. The summed E-state index contributed by atoms with van der Waals surface area (Å²) in [6.07, 6.45) is 0. The van der Waals surface area contributed by atoms with Crippen molar-refractivity contribution in [3.63, 3.8) is 0 Å². The van der Waals surface area contributed by atoms with Crippen molar-refractivity contribution in [3.05, 3.63) is 21.1 Å². The van der Waals surface area contributed by atoms with Gasteiger partial charge in [-0.3, -0.25) is 28.9 Å². The highest BCUT2D eigenvalue weighted by Gasteiger charge is 2.67. The predicted molar refractivity (Wildman–Crippen MR) is 141 cm³/mol. The van der Waals surface area contributed by atoms with Crippen LogP contribution in [0, 0.1) is 0 Å². The van der Waals surface area contributed by atoms with E-state index in [0.717, 1.165) is 28.4 Å². The van der Waals surface area contributed by atoms with Crippen molar-refractivity contribution < 1.29 is 43.7 Å². The molecule has 2 fully saturated rings. The number of methoxy groups -OCH3 is 1. The lowest BCUT2D eigenvalue weighted by atomic mass is 9.98. The number of carbonyl (C=O) groups excluding carboxylic acids is 4. The minimum Gasteiger partial charge on any atom is -0.480 e. The quantitative estimate of drug-likeness (QED) is 0.0430. The number of thioether (sulfide) groups is 4. The SMILES string of the molecule is CO[C@@]1(NC(=O)C2SC(=C(C(N)=O)C(=O)NCC(=O)O)S2)C(=O)N2C(C(=O)O)=C(CSc3nnnn3C)CS[C@@H]21. The van der Waals surface area contributed by atoms with E-state index in [-0.39, 0.29) is 21.4 Å². The van der Waals surface area contributed by atoms with Gasteiger partial charge in [-0.1, -0.05) is 35.3 Å². The Hall–Kier alpha value is -3.27. The van der Waals surface area contributed by atoms with Gasteiger partial charge in [0.25, 0.3) is 23.4 Å². The fourth-order valence-corrected chi connectivity index (χ4v) is 8.42. The van der Waals surface area contributed by atoms with Crippen LogP contribution in [0.15, 0.2) is 26.2 Å². The molecule has 0 unspecified atom stereocenters. The lowest BCUT2D eigenvalue weighted by molar-refractivity contribution is -0.192. The molecule has 17 nitrogen and oxygen atoms in total. The Morgan fingerprint density at radius 2 is 1.95 bits per heavy atom. The van der Waals surface area contributed by atoms with Gasteiger partial charge in [-0.2, -0.15) is 0 Å². The second-order valence-corrected chi connectivity index (χ2v) is 12.9. The van der Waals surface area contributed by atoms with E-state index in [4.69, 9.17) is 15.6 Å². The van der Waals surface area contributed by atoms with Gasteiger partial charge in [-0.25, -0.2) is 9.48 Å². The number of nitrogens with one attached hydrogen (secondary N) is 2. The number of amides is 4. The molecule has 214 valence electrons. The van der Waals surface area contributed by atoms with Crippen molar-refractivity contribution in [2.45, 2.75) is 20.8 Å². The smallest absolute Gasteiger partial charge is 0.352 e. The number of aromatic nitrogens is 4. The summed E-state index contributed by atoms with van der Waals surface area (Å²) in [7, 11) is 2.84. The molecule has 4 rings (SSSR count). The Labute approximate surface area is 241 Å². The van der Waals surface area contributed by atoms with E-state index in [1.54, 1.807) is 7.05 Å². The molecule has 0 saturated carbocycles. The van der Waals surface area contributed by atoms with Gasteiger partial charge in [-0.15, -0.1) is 16.9 Å². The number of primary amides is 1. The molecule has 0 spiro atoms. The normalized spacial score (nSPS) is 23.5. The van der Waals surface area contributed by atoms with Crippen LogP contribution < -0.4 is 16.4 Å². The molecule has 4 heterocycles. The summed E-state index contributed by atoms with van der Waals surface area (Å²) in [5.74, 6) is -5.78. The van der Waals surface area contributed by atoms with Crippen LogP contribution in [0.2, 0.25) is 0 Å². The fraction of sp³-hybridized carbons (Fsp3) is 0.421. The number of carbonyl (C=O) groups is 6. The Kier molecular flexibility index (Phi) is 8.68. The monoisotopic (exact) mass is 632 g/mol. The van der Waals surface area contributed by atoms with Gasteiger partial charge in [0, 0.05) is 25.7 Å². The van der Waals surface area contributed by atoms with E-state index in [1.165, 1.54) is 35.3 Å². The van der Waals surface area contributed by atoms with Crippen molar-refractivity contribution in [1.82, 2.24) is 35.7 Å². The molecular formula is C19H20N8O9S4. The Balaban J connectivity index is 1.46. The molecule has 1 aromatic heterocycles. The molecule has 0 bridgehead atoms. The van der Waals surface area contributed by atoms with Crippen LogP contribution in [0.4, 0.5) is 0 Å². The van der Waals surface area contributed by atoms with Crippen LogP contribution >= 0.6 is 47.0 Å². The summed E-state index contributed by atoms with van der Waals surface area (Å²) in [6.45, 7) is -0.735. The molecule has 2 atom stereocenters. The molecule has 0 radical (unpaired) electrons. The van der Waals surface area contributed by atoms with Gasteiger partial charge in [0.05, 0.1) is 4.24 Å². The van der Waals surface area contributed by atoms with E-state index in [2.05, 4.69) is 20.8 Å². The standard InChI is InChI=1S/C19H20N8O9S4/c1-26-18(23-24-25-26)38-5-6-4-37-17-19(36-2,16(35)27(17)9(6)13(33)34)22-12(32)15-39-14(40-15)8(10(20)30)11(31)21-3-7(28)29/h15,17H,3-5H2,1-2H3,(H2,20,30)(H,21,31)(H,22,32)(H,28,29)(H,33,34)/t15?,17-,19+/m1/s1. The third-order valence-corrected chi connectivity index (χ3v) is 10.9. The number of tetrazole rings is 1. The van der Waals surface area contributed by atoms with Gasteiger partial charge in [-0.05, 0) is 16.0 Å². The molecule has 6 N–H and O–H groups in total. The van der Waals surface area contributed by atoms with Crippen LogP contribution in [0.1, 0.15) is 0 Å². The van der Waals surface area contributed by atoms with E-state index in [0.29, 0.717) is 10.7 Å². The molecule has 3 aliphatic heterocycles. The number of nitrogens with two attached hydrogens (primary N) is 1. The molecule has 3 aliphatic rings. The van der Waals surface area contributed by atoms with Crippen molar-refractivity contribution in [1.29, 1.82) is 0 Å². The first kappa shape index (κ1) is 29.7. The minimum absolute atomic E-state index is 0.104. The molecule has 0 aliphatic carbocycles. The molecule has 40 heavy (non-hydrogen) atoms. The third-order valence-electron chi connectivity index (χ3n) is 5.62. The molecular weight excluding hydrogens is 613 g/mol. The van der Waals surface area contributed by atoms with Crippen molar-refractivity contribution in [3.8, 4) is 0 Å². The predicted octanol–water partition coefficient (Wildman–Crippen LogP) is -2.28. The summed E-state index contributed by atoms with van der Waals surface area (Å²) >= 11 is 4.05. The van der Waals surface area contributed by atoms with Gasteiger partial charge < -0.3 is 31.3 Å². The second kappa shape index (κ2) is 11.7. The number of ether oxygens (including phenoxy) is 1. The zero-order valence-electron chi connectivity index (χ0n) is 20.5. The van der Waals surface area contributed by atoms with Crippen molar-refractivity contribution >= 4 is 82.6 Å². The second-order valence-electron chi connectivity index (χ2n) is 8.07. The van der Waals surface area contributed by atoms with Gasteiger partial charge in [0.2, 0.25) is 11.1 Å². The maximum atomic E-state index is 13.3. The highest BCUT2D eigenvalue weighted by Crippen LogP contribution is 2.53. The largest absolute Gasteiger partial charge is 0.480 e. The zero-order chi connectivity index (χ0) is 29.4. The van der Waals surface area contributed by atoms with Gasteiger partial charge in [0.15, 0.2) is 0 Å². The van der Waals surface area contributed by atoms with Gasteiger partial charge >= 0.3 is 11.9 Å². The molecule has 21 heteroatoms. The number of aliphatic carboxylic acids is 2. The molecule has 4 amide bonds. The topological polar surface area (TPSA) is 249 Å². The first-order valence-electron chi connectivity index (χ1n) is 10.9. The molecule has 1 aromatic rings. The highest BCUT2D eigenvalue weighted by molar-refractivity contribution is 8.39. The number of β-lactam (4-membered cyclic amide) rings is 1. The Morgan fingerprint density at radius 3 is 2.50 bits per heavy atom. The van der Waals surface area contributed by atoms with E-state index >= 15 is 0 Å². The van der Waals surface area contributed by atoms with Crippen molar-refractivity contribution in [2.24, 2.45) is 12.8 Å². The first-order chi connectivity index (χ1) is 18.9. The number of aryl methyl sites for hydroxylation is 1. The maximum absolute atomic E-state index is 13.3. The van der Waals surface area contributed by atoms with E-state index in [9.17, 15) is 33.9 Å². The number of carboxylic acids is 2. The number of rotatable bonds is 11. The van der Waals surface area contributed by atoms with Crippen LogP contribution in [0.5, 0.6) is 0 Å². The molecule has 2 saturated heterocycles. The van der Waals surface area contributed by atoms with Crippen LogP contribution in [-0.2, 0) is 40.6 Å². The number of fused-ring (bicyclic) bond motifs is 1. The fourth-order valence-electron chi connectivity index (χ4n) is 3.77. The summed E-state index contributed by atoms with van der Waals surface area (Å²) in [4.78, 5) is 74.1. The van der Waals surface area contributed by atoms with Crippen LogP contribution in [-0.4, -0.2) is 112 Å². The van der Waals surface area contributed by atoms with Crippen molar-refractivity contribution in [2.75, 3.05) is 25.2 Å². The lowest BCUT2D eigenvalue weighted by Gasteiger charge is -2.56. The molecule has 0 aromatic carbocycles. The van der Waals surface area contributed by atoms with E-state index < -0.39 is 63.4 Å². The summed E-state index contributed by atoms with van der Waals surface area (Å²) < 4.78 is 6.06. The van der Waals surface area contributed by atoms with Crippen LogP contribution in [0.25, 0.3) is 0 Å². The third kappa shape index (κ3) is 5.38. The number of hydrogen-bond donors (Lipinski definition) is 5. The minimum atomic E-state index is -1.85. The van der Waals surface area contributed by atoms with Gasteiger partial charge in [0.1, 0.15) is 27.8 Å².